The van der Waals surface area contributed by atoms with Crippen molar-refractivity contribution in [2.24, 2.45) is 0 Å². The summed E-state index contributed by atoms with van der Waals surface area (Å²) in [4.78, 5) is 13.9. The zero-order valence-corrected chi connectivity index (χ0v) is 11.1. The van der Waals surface area contributed by atoms with Crippen LogP contribution >= 0.6 is 0 Å². The molecule has 0 aromatic heterocycles. The van der Waals surface area contributed by atoms with E-state index in [1.807, 2.05) is 25.1 Å². The van der Waals surface area contributed by atoms with Gasteiger partial charge < -0.3 is 25.5 Å². The molecule has 0 heterocycles. The Kier molecular flexibility index (Phi) is 5.29. The molecule has 106 valence electrons. The topological polar surface area (TPSA) is 93.0 Å². The number of benzene rings is 1. The molecule has 0 radical (unpaired) electrons. The van der Waals surface area contributed by atoms with Crippen molar-refractivity contribution >= 4 is 11.6 Å². The minimum Gasteiger partial charge on any atom is -0.394 e. The second kappa shape index (κ2) is 6.51. The van der Waals surface area contributed by atoms with Crippen molar-refractivity contribution in [2.45, 2.75) is 5.54 Å². The first-order valence-electron chi connectivity index (χ1n) is 5.90. The van der Waals surface area contributed by atoms with Crippen molar-refractivity contribution in [1.29, 1.82) is 0 Å². The van der Waals surface area contributed by atoms with Crippen LogP contribution in [0.3, 0.4) is 0 Å². The number of rotatable bonds is 6. The first-order valence-corrected chi connectivity index (χ1v) is 5.90. The van der Waals surface area contributed by atoms with Crippen LogP contribution in [-0.4, -0.2) is 60.7 Å². The standard InChI is InChI=1S/C13H20N2O4/c1-15(2)11-5-3-4-10(6-11)12(19)14-13(7-16,8-17)9-18/h3-6,16-18H,7-9H2,1-2H3,(H,14,19). The van der Waals surface area contributed by atoms with E-state index in [1.54, 1.807) is 18.2 Å². The van der Waals surface area contributed by atoms with Crippen molar-refractivity contribution in [3.05, 3.63) is 29.8 Å². The number of anilines is 1. The maximum absolute atomic E-state index is 12.0. The highest BCUT2D eigenvalue weighted by Gasteiger charge is 2.30. The van der Waals surface area contributed by atoms with E-state index in [0.717, 1.165) is 5.69 Å². The van der Waals surface area contributed by atoms with Crippen LogP contribution in [0.5, 0.6) is 0 Å². The largest absolute Gasteiger partial charge is 0.394 e. The first kappa shape index (κ1) is 15.4. The molecule has 1 rings (SSSR count). The predicted molar refractivity (Wildman–Crippen MR) is 72.2 cm³/mol. The lowest BCUT2D eigenvalue weighted by atomic mass is 10.0. The number of nitrogens with zero attached hydrogens (tertiary/aromatic N) is 1. The molecule has 6 nitrogen and oxygen atoms in total. The summed E-state index contributed by atoms with van der Waals surface area (Å²) in [5.41, 5.74) is -0.160. The molecule has 0 saturated carbocycles. The average molecular weight is 268 g/mol. The minimum atomic E-state index is -1.41. The fraction of sp³-hybridized carbons (Fsp3) is 0.462. The molecule has 0 bridgehead atoms. The van der Waals surface area contributed by atoms with Crippen LogP contribution in [0.2, 0.25) is 0 Å². The van der Waals surface area contributed by atoms with Crippen molar-refractivity contribution in [3.8, 4) is 0 Å². The predicted octanol–water partition coefficient (Wildman–Crippen LogP) is -0.802. The SMILES string of the molecule is CN(C)c1cccc(C(=O)NC(CO)(CO)CO)c1. The van der Waals surface area contributed by atoms with E-state index in [0.29, 0.717) is 5.56 Å². The zero-order chi connectivity index (χ0) is 14.5. The first-order chi connectivity index (χ1) is 8.98. The Morgan fingerprint density at radius 2 is 1.79 bits per heavy atom. The van der Waals surface area contributed by atoms with Crippen molar-refractivity contribution in [3.63, 3.8) is 0 Å². The number of aliphatic hydroxyl groups excluding tert-OH is 3. The Morgan fingerprint density at radius 1 is 1.21 bits per heavy atom. The number of hydrogen-bond acceptors (Lipinski definition) is 5. The average Bonchev–Trinajstić information content (AvgIpc) is 2.45. The van der Waals surface area contributed by atoms with Gasteiger partial charge >= 0.3 is 0 Å². The van der Waals surface area contributed by atoms with E-state index in [2.05, 4.69) is 5.32 Å². The van der Waals surface area contributed by atoms with Gasteiger partial charge in [0.25, 0.3) is 5.91 Å². The Labute approximate surface area is 112 Å². The molecule has 1 aromatic carbocycles. The van der Waals surface area contributed by atoms with Gasteiger partial charge in [-0.3, -0.25) is 4.79 Å². The molecule has 0 atom stereocenters. The second-order valence-corrected chi connectivity index (χ2v) is 4.65. The maximum atomic E-state index is 12.0. The van der Waals surface area contributed by atoms with Crippen molar-refractivity contribution in [1.82, 2.24) is 5.32 Å². The van der Waals surface area contributed by atoms with E-state index in [9.17, 15) is 20.1 Å². The molecular formula is C13H20N2O4. The van der Waals surface area contributed by atoms with Gasteiger partial charge in [0.2, 0.25) is 0 Å². The summed E-state index contributed by atoms with van der Waals surface area (Å²) in [5, 5.41) is 30.0. The highest BCUT2D eigenvalue weighted by Crippen LogP contribution is 2.14. The van der Waals surface area contributed by atoms with Crippen molar-refractivity contribution < 1.29 is 20.1 Å². The van der Waals surface area contributed by atoms with Gasteiger partial charge in [-0.25, -0.2) is 0 Å². The van der Waals surface area contributed by atoms with E-state index >= 15 is 0 Å². The Balaban J connectivity index is 2.91. The fourth-order valence-corrected chi connectivity index (χ4v) is 1.51. The number of hydrogen-bond donors (Lipinski definition) is 4. The molecule has 0 saturated heterocycles. The van der Waals surface area contributed by atoms with Gasteiger partial charge in [0.15, 0.2) is 0 Å². The quantitative estimate of drug-likeness (QED) is 0.542. The van der Waals surface area contributed by atoms with Gasteiger partial charge in [0, 0.05) is 25.3 Å². The molecule has 0 aliphatic rings. The third-order valence-corrected chi connectivity index (χ3v) is 2.91. The van der Waals surface area contributed by atoms with Gasteiger partial charge in [-0.15, -0.1) is 0 Å². The lowest BCUT2D eigenvalue weighted by Crippen LogP contribution is -2.57. The van der Waals surface area contributed by atoms with Gasteiger partial charge in [-0.1, -0.05) is 6.07 Å². The molecule has 4 N–H and O–H groups in total. The molecular weight excluding hydrogens is 248 g/mol. The summed E-state index contributed by atoms with van der Waals surface area (Å²) >= 11 is 0. The highest BCUT2D eigenvalue weighted by atomic mass is 16.3. The third kappa shape index (κ3) is 3.66. The van der Waals surface area contributed by atoms with E-state index in [1.165, 1.54) is 0 Å². The summed E-state index contributed by atoms with van der Waals surface area (Å²) in [5.74, 6) is -0.458. The monoisotopic (exact) mass is 268 g/mol. The Morgan fingerprint density at radius 3 is 2.26 bits per heavy atom. The third-order valence-electron chi connectivity index (χ3n) is 2.91. The highest BCUT2D eigenvalue weighted by molar-refractivity contribution is 5.95. The lowest BCUT2D eigenvalue weighted by molar-refractivity contribution is 0.0375. The second-order valence-electron chi connectivity index (χ2n) is 4.65. The van der Waals surface area contributed by atoms with Gasteiger partial charge in [0.1, 0.15) is 5.54 Å². The smallest absolute Gasteiger partial charge is 0.252 e. The number of carbonyl (C=O) groups excluding carboxylic acids is 1. The normalized spacial score (nSPS) is 11.2. The van der Waals surface area contributed by atoms with Crippen molar-refractivity contribution in [2.75, 3.05) is 38.8 Å². The summed E-state index contributed by atoms with van der Waals surface area (Å²) in [6, 6.07) is 6.91. The van der Waals surface area contributed by atoms with Crippen LogP contribution in [-0.2, 0) is 0 Å². The van der Waals surface area contributed by atoms with Crippen LogP contribution in [0.4, 0.5) is 5.69 Å². The number of aliphatic hydroxyl groups is 3. The van der Waals surface area contributed by atoms with E-state index in [4.69, 9.17) is 0 Å². The molecule has 0 unspecified atom stereocenters. The zero-order valence-electron chi connectivity index (χ0n) is 11.1. The number of amides is 1. The maximum Gasteiger partial charge on any atom is 0.252 e. The molecule has 6 heteroatoms. The van der Waals surface area contributed by atoms with E-state index in [-0.39, 0.29) is 0 Å². The summed E-state index contributed by atoms with van der Waals surface area (Å²) < 4.78 is 0. The molecule has 0 aliphatic heterocycles. The Hall–Kier alpha value is -1.63. The lowest BCUT2D eigenvalue weighted by Gasteiger charge is -2.28. The molecule has 1 amide bonds. The summed E-state index contributed by atoms with van der Waals surface area (Å²) in [7, 11) is 3.72. The molecule has 0 aliphatic carbocycles. The summed E-state index contributed by atoms with van der Waals surface area (Å²) in [6.45, 7) is -1.63. The molecule has 19 heavy (non-hydrogen) atoms. The van der Waals surface area contributed by atoms with Crippen LogP contribution in [0, 0.1) is 0 Å². The van der Waals surface area contributed by atoms with Crippen LogP contribution < -0.4 is 10.2 Å². The molecule has 0 fully saturated rings. The number of nitrogens with one attached hydrogen (secondary N) is 1. The van der Waals surface area contributed by atoms with Crippen LogP contribution in [0.15, 0.2) is 24.3 Å². The summed E-state index contributed by atoms with van der Waals surface area (Å²) in [6.07, 6.45) is 0. The van der Waals surface area contributed by atoms with E-state index < -0.39 is 31.3 Å². The minimum absolute atomic E-state index is 0.394. The number of carbonyl (C=O) groups is 1. The fourth-order valence-electron chi connectivity index (χ4n) is 1.51. The van der Waals surface area contributed by atoms with Crippen LogP contribution in [0.25, 0.3) is 0 Å². The van der Waals surface area contributed by atoms with Gasteiger partial charge in [0.05, 0.1) is 19.8 Å². The van der Waals surface area contributed by atoms with Gasteiger partial charge in [-0.05, 0) is 18.2 Å². The van der Waals surface area contributed by atoms with Crippen LogP contribution in [0.1, 0.15) is 10.4 Å². The van der Waals surface area contributed by atoms with Gasteiger partial charge in [-0.2, -0.15) is 0 Å². The molecule has 0 spiro atoms. The Bertz CT molecular complexity index is 422. The molecule has 1 aromatic rings.